The number of H-pyrrole nitrogens is 1. The fraction of sp³-hybridized carbons (Fsp3) is 0.250. The van der Waals surface area contributed by atoms with Gasteiger partial charge in [-0.3, -0.25) is 19.6 Å². The van der Waals surface area contributed by atoms with Gasteiger partial charge in [-0.25, -0.2) is 0 Å². The molecule has 2 N–H and O–H groups in total. The summed E-state index contributed by atoms with van der Waals surface area (Å²) in [5, 5.41) is 10.9. The molecule has 1 atom stereocenters. The molecule has 0 bridgehead atoms. The first-order chi connectivity index (χ1) is 13.2. The van der Waals surface area contributed by atoms with Crippen LogP contribution < -0.4 is 15.0 Å². The number of nitrogens with one attached hydrogen (secondary N) is 2. The molecular weight excluding hydrogens is 344 g/mol. The van der Waals surface area contributed by atoms with Gasteiger partial charge in [-0.2, -0.15) is 5.10 Å². The molecule has 1 saturated heterocycles. The number of carbonyl (C=O) groups excluding carboxylic acids is 2. The first-order valence-corrected chi connectivity index (χ1v) is 8.93. The molecule has 4 rings (SSSR count). The molecule has 0 saturated carbocycles. The monoisotopic (exact) mass is 364 g/mol. The van der Waals surface area contributed by atoms with E-state index in [1.54, 1.807) is 29.2 Å². The quantitative estimate of drug-likeness (QED) is 0.729. The predicted octanol–water partition coefficient (Wildman–Crippen LogP) is 2.95. The smallest absolute Gasteiger partial charge is 0.229 e. The van der Waals surface area contributed by atoms with Crippen LogP contribution in [0, 0.1) is 5.92 Å². The Balaban J connectivity index is 1.46. The summed E-state index contributed by atoms with van der Waals surface area (Å²) < 4.78 is 5.40. The number of aromatic amines is 1. The summed E-state index contributed by atoms with van der Waals surface area (Å²) >= 11 is 0. The fourth-order valence-electron chi connectivity index (χ4n) is 3.29. The molecule has 138 valence electrons. The zero-order valence-electron chi connectivity index (χ0n) is 14.9. The van der Waals surface area contributed by atoms with Crippen LogP contribution in [0.4, 0.5) is 11.5 Å². The number of anilines is 2. The second kappa shape index (κ2) is 7.11. The average Bonchev–Trinajstić information content (AvgIpc) is 3.27. The molecule has 7 nitrogen and oxygen atoms in total. The number of hydrogen-bond acceptors (Lipinski definition) is 4. The molecule has 0 spiro atoms. The highest BCUT2D eigenvalue weighted by Crippen LogP contribution is 2.30. The van der Waals surface area contributed by atoms with E-state index in [2.05, 4.69) is 15.5 Å². The van der Waals surface area contributed by atoms with Crippen molar-refractivity contribution < 1.29 is 14.3 Å². The molecule has 0 radical (unpaired) electrons. The molecule has 1 aliphatic heterocycles. The van der Waals surface area contributed by atoms with E-state index in [1.165, 1.54) is 0 Å². The molecule has 1 aliphatic rings. The second-order valence-corrected chi connectivity index (χ2v) is 6.44. The summed E-state index contributed by atoms with van der Waals surface area (Å²) in [7, 11) is 0. The molecular formula is C20H20N4O3. The minimum Gasteiger partial charge on any atom is -0.494 e. The Hall–Kier alpha value is -3.35. The number of ether oxygens (including phenoxy) is 1. The lowest BCUT2D eigenvalue weighted by Crippen LogP contribution is -2.28. The van der Waals surface area contributed by atoms with E-state index < -0.39 is 5.92 Å². The number of aromatic nitrogens is 2. The first kappa shape index (κ1) is 17.1. The zero-order chi connectivity index (χ0) is 18.8. The Labute approximate surface area is 156 Å². The minimum atomic E-state index is -0.417. The second-order valence-electron chi connectivity index (χ2n) is 6.44. The van der Waals surface area contributed by atoms with Gasteiger partial charge in [0.1, 0.15) is 5.75 Å². The van der Waals surface area contributed by atoms with Gasteiger partial charge in [-0.1, -0.05) is 12.1 Å². The Morgan fingerprint density at radius 3 is 2.81 bits per heavy atom. The van der Waals surface area contributed by atoms with E-state index in [9.17, 15) is 9.59 Å². The van der Waals surface area contributed by atoms with Crippen molar-refractivity contribution in [2.24, 2.45) is 5.92 Å². The number of para-hydroxylation sites is 1. The largest absolute Gasteiger partial charge is 0.494 e. The van der Waals surface area contributed by atoms with Gasteiger partial charge in [0.2, 0.25) is 11.8 Å². The van der Waals surface area contributed by atoms with Crippen molar-refractivity contribution in [3.63, 3.8) is 0 Å². The van der Waals surface area contributed by atoms with Crippen LogP contribution >= 0.6 is 0 Å². The first-order valence-electron chi connectivity index (χ1n) is 8.93. The van der Waals surface area contributed by atoms with E-state index in [4.69, 9.17) is 4.74 Å². The van der Waals surface area contributed by atoms with E-state index in [-0.39, 0.29) is 18.2 Å². The predicted molar refractivity (Wildman–Crippen MR) is 103 cm³/mol. The summed E-state index contributed by atoms with van der Waals surface area (Å²) in [6.45, 7) is 2.82. The SMILES string of the molecule is CCOc1ccc(NC(=O)[C@@H]2CC(=O)N(c3n[nH]c4ccccc34)C2)cc1. The summed E-state index contributed by atoms with van der Waals surface area (Å²) in [6.07, 6.45) is 0.171. The van der Waals surface area contributed by atoms with Gasteiger partial charge in [0.05, 0.1) is 18.0 Å². The Morgan fingerprint density at radius 2 is 2.04 bits per heavy atom. The Kier molecular flexibility index (Phi) is 4.50. The molecule has 2 amide bonds. The fourth-order valence-corrected chi connectivity index (χ4v) is 3.29. The number of rotatable bonds is 5. The summed E-state index contributed by atoms with van der Waals surface area (Å²) in [5.41, 5.74) is 1.54. The van der Waals surface area contributed by atoms with Gasteiger partial charge >= 0.3 is 0 Å². The van der Waals surface area contributed by atoms with E-state index in [0.29, 0.717) is 24.7 Å². The van der Waals surface area contributed by atoms with Crippen LogP contribution in [0.15, 0.2) is 48.5 Å². The number of fused-ring (bicyclic) bond motifs is 1. The van der Waals surface area contributed by atoms with Crippen LogP contribution in [0.2, 0.25) is 0 Å². The maximum Gasteiger partial charge on any atom is 0.229 e. The highest BCUT2D eigenvalue weighted by atomic mass is 16.5. The standard InChI is InChI=1S/C20H20N4O3/c1-2-27-15-9-7-14(8-10-15)21-20(26)13-11-18(25)24(12-13)19-16-5-3-4-6-17(16)22-23-19/h3-10,13H,2,11-12H2,1H3,(H,21,26)(H,22,23)/t13-/m1/s1. The van der Waals surface area contributed by atoms with Gasteiger partial charge < -0.3 is 10.1 Å². The molecule has 2 aromatic carbocycles. The van der Waals surface area contributed by atoms with Crippen molar-refractivity contribution in [1.82, 2.24) is 10.2 Å². The lowest BCUT2D eigenvalue weighted by atomic mass is 10.1. The van der Waals surface area contributed by atoms with Crippen molar-refractivity contribution >= 4 is 34.2 Å². The normalized spacial score (nSPS) is 16.7. The van der Waals surface area contributed by atoms with Crippen LogP contribution in [-0.2, 0) is 9.59 Å². The molecule has 3 aromatic rings. The third-order valence-corrected chi connectivity index (χ3v) is 4.63. The van der Waals surface area contributed by atoms with Crippen LogP contribution in [0.1, 0.15) is 13.3 Å². The van der Waals surface area contributed by atoms with Crippen molar-refractivity contribution in [1.29, 1.82) is 0 Å². The van der Waals surface area contributed by atoms with Gasteiger partial charge in [-0.05, 0) is 43.3 Å². The van der Waals surface area contributed by atoms with Crippen LogP contribution in [0.3, 0.4) is 0 Å². The maximum atomic E-state index is 12.6. The molecule has 2 heterocycles. The van der Waals surface area contributed by atoms with E-state index in [1.807, 2.05) is 31.2 Å². The topological polar surface area (TPSA) is 87.3 Å². The van der Waals surface area contributed by atoms with Gasteiger partial charge in [0.25, 0.3) is 0 Å². The molecule has 0 aliphatic carbocycles. The number of benzene rings is 2. The van der Waals surface area contributed by atoms with Gasteiger partial charge in [0, 0.05) is 24.0 Å². The lowest BCUT2D eigenvalue weighted by molar-refractivity contribution is -0.122. The highest BCUT2D eigenvalue weighted by molar-refractivity contribution is 6.06. The van der Waals surface area contributed by atoms with E-state index in [0.717, 1.165) is 16.7 Å². The number of amides is 2. The van der Waals surface area contributed by atoms with Gasteiger partial charge in [0.15, 0.2) is 5.82 Å². The third kappa shape index (κ3) is 3.36. The molecule has 27 heavy (non-hydrogen) atoms. The van der Waals surface area contributed by atoms with Crippen LogP contribution in [0.5, 0.6) is 5.75 Å². The van der Waals surface area contributed by atoms with Crippen molar-refractivity contribution in [2.75, 3.05) is 23.4 Å². The number of hydrogen-bond donors (Lipinski definition) is 2. The van der Waals surface area contributed by atoms with E-state index >= 15 is 0 Å². The summed E-state index contributed by atoms with van der Waals surface area (Å²) in [4.78, 5) is 26.7. The van der Waals surface area contributed by atoms with Gasteiger partial charge in [-0.15, -0.1) is 0 Å². The lowest BCUT2D eigenvalue weighted by Gasteiger charge is -2.14. The number of carbonyl (C=O) groups is 2. The van der Waals surface area contributed by atoms with Crippen molar-refractivity contribution in [2.45, 2.75) is 13.3 Å². The minimum absolute atomic E-state index is 0.0981. The van der Waals surface area contributed by atoms with Crippen molar-refractivity contribution in [3.8, 4) is 5.75 Å². The molecule has 0 unspecified atom stereocenters. The molecule has 7 heteroatoms. The number of nitrogens with zero attached hydrogens (tertiary/aromatic N) is 2. The Morgan fingerprint density at radius 1 is 1.26 bits per heavy atom. The average molecular weight is 364 g/mol. The highest BCUT2D eigenvalue weighted by Gasteiger charge is 2.36. The van der Waals surface area contributed by atoms with Crippen LogP contribution in [0.25, 0.3) is 10.9 Å². The summed E-state index contributed by atoms with van der Waals surface area (Å²) in [5.74, 6) is 0.642. The molecule has 1 fully saturated rings. The van der Waals surface area contributed by atoms with Crippen molar-refractivity contribution in [3.05, 3.63) is 48.5 Å². The van der Waals surface area contributed by atoms with Crippen LogP contribution in [-0.4, -0.2) is 35.2 Å². The molecule has 1 aromatic heterocycles. The maximum absolute atomic E-state index is 12.6. The third-order valence-electron chi connectivity index (χ3n) is 4.63. The Bertz CT molecular complexity index is 980. The zero-order valence-corrected chi connectivity index (χ0v) is 14.9. The summed E-state index contributed by atoms with van der Waals surface area (Å²) in [6, 6.07) is 14.8.